The van der Waals surface area contributed by atoms with E-state index in [1.807, 2.05) is 42.5 Å². The van der Waals surface area contributed by atoms with Crippen molar-refractivity contribution in [2.75, 3.05) is 4.90 Å². The average Bonchev–Trinajstić information content (AvgIpc) is 2.92. The summed E-state index contributed by atoms with van der Waals surface area (Å²) in [4.78, 5) is 29.5. The van der Waals surface area contributed by atoms with E-state index in [1.54, 1.807) is 41.3 Å². The van der Waals surface area contributed by atoms with Crippen molar-refractivity contribution in [3.05, 3.63) is 136 Å². The van der Waals surface area contributed by atoms with Crippen LogP contribution in [0.1, 0.15) is 27.0 Å². The lowest BCUT2D eigenvalue weighted by molar-refractivity contribution is -0.114. The van der Waals surface area contributed by atoms with Crippen LogP contribution < -0.4 is 10.2 Å². The summed E-state index contributed by atoms with van der Waals surface area (Å²) in [6.45, 7) is 0.465. The predicted octanol–water partition coefficient (Wildman–Crippen LogP) is 6.57. The van der Waals surface area contributed by atoms with Crippen LogP contribution >= 0.6 is 11.8 Å². The predicted molar refractivity (Wildman–Crippen MR) is 142 cm³/mol. The van der Waals surface area contributed by atoms with Crippen molar-refractivity contribution < 1.29 is 18.4 Å². The maximum atomic E-state index is 13.6. The Morgan fingerprint density at radius 1 is 0.838 bits per heavy atom. The Kier molecular flexibility index (Phi) is 7.14. The smallest absolute Gasteiger partial charge is 0.265 e. The zero-order chi connectivity index (χ0) is 25.8. The van der Waals surface area contributed by atoms with Crippen molar-refractivity contribution in [2.45, 2.75) is 18.0 Å². The molecule has 0 spiro atoms. The number of carbonyl (C=O) groups excluding carboxylic acids is 2. The summed E-state index contributed by atoms with van der Waals surface area (Å²) in [5, 5.41) is 2.84. The first-order valence-electron chi connectivity index (χ1n) is 11.6. The van der Waals surface area contributed by atoms with Gasteiger partial charge in [-0.25, -0.2) is 8.78 Å². The second kappa shape index (κ2) is 10.8. The first kappa shape index (κ1) is 24.5. The Hall–Kier alpha value is -4.23. The molecule has 184 valence electrons. The number of carbonyl (C=O) groups is 2. The summed E-state index contributed by atoms with van der Waals surface area (Å²) in [7, 11) is 0. The molecule has 0 aliphatic carbocycles. The van der Waals surface area contributed by atoms with Gasteiger partial charge in [0.15, 0.2) is 0 Å². The number of benzene rings is 4. The maximum Gasteiger partial charge on any atom is 0.265 e. The van der Waals surface area contributed by atoms with Gasteiger partial charge in [0.2, 0.25) is 0 Å². The number of hydrogen-bond acceptors (Lipinski definition) is 3. The van der Waals surface area contributed by atoms with Gasteiger partial charge in [0.05, 0.1) is 17.1 Å². The maximum absolute atomic E-state index is 13.6. The van der Waals surface area contributed by atoms with E-state index in [9.17, 15) is 18.4 Å². The third kappa shape index (κ3) is 5.78. The lowest BCUT2D eigenvalue weighted by Gasteiger charge is -2.31. The molecule has 0 aromatic heterocycles. The minimum Gasteiger partial charge on any atom is -0.348 e. The molecule has 1 aliphatic heterocycles. The summed E-state index contributed by atoms with van der Waals surface area (Å²) in [6.07, 6.45) is 1.84. The highest BCUT2D eigenvalue weighted by Crippen LogP contribution is 2.43. The molecule has 4 nitrogen and oxygen atoms in total. The monoisotopic (exact) mass is 512 g/mol. The summed E-state index contributed by atoms with van der Waals surface area (Å²) in [6, 6.07) is 26.8. The van der Waals surface area contributed by atoms with Crippen LogP contribution in [0.4, 0.5) is 14.5 Å². The number of hydrogen-bond donors (Lipinski definition) is 1. The number of halogens is 2. The number of fused-ring (bicyclic) bond motifs is 1. The number of amides is 2. The van der Waals surface area contributed by atoms with Gasteiger partial charge in [-0.15, -0.1) is 0 Å². The molecule has 5 rings (SSSR count). The average molecular weight is 513 g/mol. The highest BCUT2D eigenvalue weighted by molar-refractivity contribution is 8.04. The molecule has 2 amide bonds. The quantitative estimate of drug-likeness (QED) is 0.297. The lowest BCUT2D eigenvalue weighted by atomic mass is 10.1. The van der Waals surface area contributed by atoms with Gasteiger partial charge in [-0.3, -0.25) is 9.59 Å². The standard InChI is InChI=1S/C30H22F2N2O2S/c31-24-11-6-21(7-12-24)18-33-29(35)23-10-15-27-26(17-23)34(19-22-8-13-25(32)14-9-22)30(36)28(37-27)16-20-4-2-1-3-5-20/h1-17H,18-19H2,(H,33,35)/b28-16-. The van der Waals surface area contributed by atoms with Crippen LogP contribution in [0.15, 0.2) is 107 Å². The molecule has 1 N–H and O–H groups in total. The molecule has 0 radical (unpaired) electrons. The molecule has 0 fully saturated rings. The van der Waals surface area contributed by atoms with Crippen LogP contribution in [0.2, 0.25) is 0 Å². The molecule has 4 aromatic carbocycles. The van der Waals surface area contributed by atoms with Gasteiger partial charge in [-0.2, -0.15) is 0 Å². The fraction of sp³-hybridized carbons (Fsp3) is 0.0667. The van der Waals surface area contributed by atoms with Crippen molar-refractivity contribution >= 4 is 35.3 Å². The van der Waals surface area contributed by atoms with Crippen LogP contribution in [-0.4, -0.2) is 11.8 Å². The molecule has 1 heterocycles. The van der Waals surface area contributed by atoms with Gasteiger partial charge in [0, 0.05) is 17.0 Å². The number of rotatable bonds is 6. The van der Waals surface area contributed by atoms with Gasteiger partial charge < -0.3 is 10.2 Å². The van der Waals surface area contributed by atoms with E-state index in [4.69, 9.17) is 0 Å². The van der Waals surface area contributed by atoms with Crippen LogP contribution in [0.25, 0.3) is 6.08 Å². The first-order chi connectivity index (χ1) is 18.0. The number of thioether (sulfide) groups is 1. The molecule has 1 aliphatic rings. The Labute approximate surface area is 217 Å². The highest BCUT2D eigenvalue weighted by Gasteiger charge is 2.30. The minimum atomic E-state index is -0.352. The van der Waals surface area contributed by atoms with E-state index >= 15 is 0 Å². The van der Waals surface area contributed by atoms with Gasteiger partial charge in [0.25, 0.3) is 11.8 Å². The normalized spacial score (nSPS) is 13.9. The zero-order valence-corrected chi connectivity index (χ0v) is 20.5. The summed E-state index contributed by atoms with van der Waals surface area (Å²) < 4.78 is 26.6. The van der Waals surface area contributed by atoms with E-state index in [2.05, 4.69) is 5.32 Å². The molecule has 0 atom stereocenters. The highest BCUT2D eigenvalue weighted by atomic mass is 32.2. The minimum absolute atomic E-state index is 0.199. The van der Waals surface area contributed by atoms with Crippen LogP contribution in [0.3, 0.4) is 0 Å². The number of nitrogens with one attached hydrogen (secondary N) is 1. The number of anilines is 1. The SMILES string of the molecule is O=C(NCc1ccc(F)cc1)c1ccc2c(c1)N(Cc1ccc(F)cc1)C(=O)/C(=C/c1ccccc1)S2. The first-order valence-corrected chi connectivity index (χ1v) is 12.5. The van der Waals surface area contributed by atoms with E-state index in [0.29, 0.717) is 16.2 Å². The van der Waals surface area contributed by atoms with Crippen molar-refractivity contribution in [1.29, 1.82) is 0 Å². The molecule has 7 heteroatoms. The fourth-order valence-electron chi connectivity index (χ4n) is 3.97. The van der Waals surface area contributed by atoms with Crippen molar-refractivity contribution in [2.24, 2.45) is 0 Å². The molecule has 0 saturated carbocycles. The van der Waals surface area contributed by atoms with E-state index < -0.39 is 0 Å². The Balaban J connectivity index is 1.45. The van der Waals surface area contributed by atoms with Crippen molar-refractivity contribution in [3.8, 4) is 0 Å². The number of nitrogens with zero attached hydrogens (tertiary/aromatic N) is 1. The van der Waals surface area contributed by atoms with E-state index in [1.165, 1.54) is 36.0 Å². The van der Waals surface area contributed by atoms with Crippen LogP contribution in [0, 0.1) is 11.6 Å². The third-order valence-electron chi connectivity index (χ3n) is 5.91. The molecule has 0 unspecified atom stereocenters. The molecular formula is C30H22F2N2O2S. The van der Waals surface area contributed by atoms with Crippen LogP contribution in [0.5, 0.6) is 0 Å². The fourth-order valence-corrected chi connectivity index (χ4v) is 5.01. The van der Waals surface area contributed by atoms with Gasteiger partial charge >= 0.3 is 0 Å². The van der Waals surface area contributed by atoms with Crippen molar-refractivity contribution in [1.82, 2.24) is 5.32 Å². The second-order valence-electron chi connectivity index (χ2n) is 8.53. The molecule has 4 aromatic rings. The van der Waals surface area contributed by atoms with Gasteiger partial charge in [0.1, 0.15) is 11.6 Å². The third-order valence-corrected chi connectivity index (χ3v) is 6.98. The second-order valence-corrected chi connectivity index (χ2v) is 9.61. The Morgan fingerprint density at radius 3 is 2.16 bits per heavy atom. The largest absolute Gasteiger partial charge is 0.348 e. The van der Waals surface area contributed by atoms with Crippen LogP contribution in [-0.2, 0) is 17.9 Å². The molecule has 0 saturated heterocycles. The summed E-state index contributed by atoms with van der Waals surface area (Å²) >= 11 is 1.35. The lowest BCUT2D eigenvalue weighted by Crippen LogP contribution is -2.34. The van der Waals surface area contributed by atoms with E-state index in [0.717, 1.165) is 21.6 Å². The Morgan fingerprint density at radius 2 is 1.49 bits per heavy atom. The summed E-state index contributed by atoms with van der Waals surface area (Å²) in [5.41, 5.74) is 3.44. The van der Waals surface area contributed by atoms with E-state index in [-0.39, 0.29) is 36.5 Å². The van der Waals surface area contributed by atoms with Gasteiger partial charge in [-0.05, 0) is 65.2 Å². The zero-order valence-electron chi connectivity index (χ0n) is 19.7. The molecule has 37 heavy (non-hydrogen) atoms. The summed E-state index contributed by atoms with van der Waals surface area (Å²) in [5.74, 6) is -1.20. The van der Waals surface area contributed by atoms with Gasteiger partial charge in [-0.1, -0.05) is 66.4 Å². The molecule has 0 bridgehead atoms. The van der Waals surface area contributed by atoms with Crippen molar-refractivity contribution in [3.63, 3.8) is 0 Å². The molecular weight excluding hydrogens is 490 g/mol. The topological polar surface area (TPSA) is 49.4 Å². The Bertz CT molecular complexity index is 1470.